The molecule has 1 aliphatic heterocycles. The summed E-state index contributed by atoms with van der Waals surface area (Å²) in [6.45, 7) is 6.17. The van der Waals surface area contributed by atoms with Crippen molar-refractivity contribution in [2.75, 3.05) is 23.3 Å². The van der Waals surface area contributed by atoms with Crippen LogP contribution in [-0.2, 0) is 0 Å². The Morgan fingerprint density at radius 3 is 2.28 bits per heavy atom. The number of hydrogen-bond acceptors (Lipinski definition) is 4. The summed E-state index contributed by atoms with van der Waals surface area (Å²) in [4.78, 5) is 14.8. The van der Waals surface area contributed by atoms with Crippen molar-refractivity contribution >= 4 is 17.4 Å². The van der Waals surface area contributed by atoms with Gasteiger partial charge in [0.15, 0.2) is 5.82 Å². The molecule has 2 aromatic carbocycles. The van der Waals surface area contributed by atoms with Gasteiger partial charge in [0.2, 0.25) is 0 Å². The third kappa shape index (κ3) is 4.45. The van der Waals surface area contributed by atoms with E-state index >= 15 is 0 Å². The van der Waals surface area contributed by atoms with E-state index in [2.05, 4.69) is 20.4 Å². The zero-order valence-corrected chi connectivity index (χ0v) is 17.0. The lowest BCUT2D eigenvalue weighted by molar-refractivity contribution is 0.102. The maximum atomic E-state index is 12.5. The van der Waals surface area contributed by atoms with Crippen molar-refractivity contribution in [3.8, 4) is 11.3 Å². The van der Waals surface area contributed by atoms with Crippen LogP contribution >= 0.6 is 0 Å². The van der Waals surface area contributed by atoms with Crippen LogP contribution in [0.4, 0.5) is 11.5 Å². The molecule has 1 aliphatic rings. The Labute approximate surface area is 171 Å². The number of aromatic nitrogens is 2. The minimum absolute atomic E-state index is 0.105. The van der Waals surface area contributed by atoms with Gasteiger partial charge >= 0.3 is 0 Å². The van der Waals surface area contributed by atoms with Crippen LogP contribution < -0.4 is 10.2 Å². The quantitative estimate of drug-likeness (QED) is 0.685. The van der Waals surface area contributed by atoms with Crippen LogP contribution in [0.25, 0.3) is 11.3 Å². The molecule has 0 bridgehead atoms. The molecule has 3 aromatic rings. The maximum Gasteiger partial charge on any atom is 0.255 e. The number of anilines is 2. The average Bonchev–Trinajstić information content (AvgIpc) is 2.77. The molecular weight excluding hydrogens is 360 g/mol. The van der Waals surface area contributed by atoms with E-state index in [1.54, 1.807) is 0 Å². The number of nitrogens with one attached hydrogen (secondary N) is 1. The zero-order chi connectivity index (χ0) is 20.2. The summed E-state index contributed by atoms with van der Waals surface area (Å²) in [6.07, 6.45) is 3.74. The number of rotatable bonds is 4. The highest BCUT2D eigenvalue weighted by Gasteiger charge is 2.13. The fourth-order valence-electron chi connectivity index (χ4n) is 3.58. The van der Waals surface area contributed by atoms with Gasteiger partial charge < -0.3 is 10.2 Å². The van der Waals surface area contributed by atoms with Crippen LogP contribution in [0.5, 0.6) is 0 Å². The standard InChI is InChI=1S/C24H26N4O/c1-17-6-7-20(16-18(17)2)24(29)25-21-10-8-19(9-11-21)22-12-13-23(27-26-22)28-14-4-3-5-15-28/h6-13,16H,3-5,14-15H2,1-2H3,(H,25,29). The molecule has 0 radical (unpaired) electrons. The van der Waals surface area contributed by atoms with Crippen molar-refractivity contribution in [1.29, 1.82) is 0 Å². The largest absolute Gasteiger partial charge is 0.355 e. The molecule has 29 heavy (non-hydrogen) atoms. The lowest BCUT2D eigenvalue weighted by atomic mass is 10.1. The monoisotopic (exact) mass is 386 g/mol. The van der Waals surface area contributed by atoms with Gasteiger partial charge in [-0.3, -0.25) is 4.79 Å². The first-order valence-electron chi connectivity index (χ1n) is 10.2. The number of aryl methyl sites for hydroxylation is 2. The van der Waals surface area contributed by atoms with Gasteiger partial charge in [-0.25, -0.2) is 0 Å². The first-order valence-corrected chi connectivity index (χ1v) is 10.2. The first kappa shape index (κ1) is 19.1. The second-order valence-electron chi connectivity index (χ2n) is 7.65. The molecule has 0 aliphatic carbocycles. The number of carbonyl (C=O) groups excluding carboxylic acids is 1. The van der Waals surface area contributed by atoms with Gasteiger partial charge in [0.1, 0.15) is 0 Å². The third-order valence-corrected chi connectivity index (χ3v) is 5.54. The number of nitrogens with zero attached hydrogens (tertiary/aromatic N) is 3. The van der Waals surface area contributed by atoms with Crippen LogP contribution in [0.1, 0.15) is 40.7 Å². The molecule has 2 heterocycles. The van der Waals surface area contributed by atoms with E-state index in [1.165, 1.54) is 24.8 Å². The molecule has 0 spiro atoms. The molecule has 1 fully saturated rings. The summed E-state index contributed by atoms with van der Waals surface area (Å²) < 4.78 is 0. The minimum atomic E-state index is -0.105. The third-order valence-electron chi connectivity index (χ3n) is 5.54. The van der Waals surface area contributed by atoms with Crippen molar-refractivity contribution in [3.63, 3.8) is 0 Å². The summed E-state index contributed by atoms with van der Waals surface area (Å²) >= 11 is 0. The van der Waals surface area contributed by atoms with E-state index in [4.69, 9.17) is 0 Å². The van der Waals surface area contributed by atoms with E-state index in [0.29, 0.717) is 5.56 Å². The van der Waals surface area contributed by atoms with E-state index < -0.39 is 0 Å². The highest BCUT2D eigenvalue weighted by molar-refractivity contribution is 6.04. The van der Waals surface area contributed by atoms with Gasteiger partial charge in [0.05, 0.1) is 5.69 Å². The Morgan fingerprint density at radius 2 is 1.62 bits per heavy atom. The Balaban J connectivity index is 1.43. The van der Waals surface area contributed by atoms with Crippen LogP contribution in [0.15, 0.2) is 54.6 Å². The predicted molar refractivity (Wildman–Crippen MR) is 117 cm³/mol. The summed E-state index contributed by atoms with van der Waals surface area (Å²) in [7, 11) is 0. The molecule has 4 rings (SSSR count). The van der Waals surface area contributed by atoms with Crippen molar-refractivity contribution in [1.82, 2.24) is 10.2 Å². The molecule has 1 aromatic heterocycles. The fourth-order valence-corrected chi connectivity index (χ4v) is 3.58. The Bertz CT molecular complexity index is 990. The van der Waals surface area contributed by atoms with Crippen molar-refractivity contribution in [2.24, 2.45) is 0 Å². The number of piperidine rings is 1. The molecule has 0 atom stereocenters. The fraction of sp³-hybridized carbons (Fsp3) is 0.292. The first-order chi connectivity index (χ1) is 14.1. The summed E-state index contributed by atoms with van der Waals surface area (Å²) in [5.74, 6) is 0.845. The molecular formula is C24H26N4O. The molecule has 0 saturated carbocycles. The van der Waals surface area contributed by atoms with Crippen molar-refractivity contribution < 1.29 is 4.79 Å². The van der Waals surface area contributed by atoms with Gasteiger partial charge in [-0.15, -0.1) is 10.2 Å². The lowest BCUT2D eigenvalue weighted by Crippen LogP contribution is -2.30. The summed E-state index contributed by atoms with van der Waals surface area (Å²) in [5, 5.41) is 11.8. The van der Waals surface area contributed by atoms with Gasteiger partial charge in [-0.05, 0) is 80.6 Å². The van der Waals surface area contributed by atoms with E-state index in [1.807, 2.05) is 68.4 Å². The molecule has 1 saturated heterocycles. The van der Waals surface area contributed by atoms with E-state index in [9.17, 15) is 4.79 Å². The molecule has 5 heteroatoms. The minimum Gasteiger partial charge on any atom is -0.355 e. The summed E-state index contributed by atoms with van der Waals surface area (Å²) in [6, 6.07) is 17.5. The number of benzene rings is 2. The topological polar surface area (TPSA) is 58.1 Å². The van der Waals surface area contributed by atoms with Crippen LogP contribution in [0, 0.1) is 13.8 Å². The van der Waals surface area contributed by atoms with Crippen LogP contribution in [0.2, 0.25) is 0 Å². The van der Waals surface area contributed by atoms with E-state index in [0.717, 1.165) is 41.4 Å². The second kappa shape index (κ2) is 8.43. The molecule has 148 valence electrons. The maximum absolute atomic E-state index is 12.5. The second-order valence-corrected chi connectivity index (χ2v) is 7.65. The van der Waals surface area contributed by atoms with Gasteiger partial charge in [-0.2, -0.15) is 0 Å². The van der Waals surface area contributed by atoms with Crippen LogP contribution in [-0.4, -0.2) is 29.2 Å². The molecule has 1 N–H and O–H groups in total. The highest BCUT2D eigenvalue weighted by Crippen LogP contribution is 2.22. The summed E-state index contributed by atoms with van der Waals surface area (Å²) in [5.41, 5.74) is 5.52. The number of amides is 1. The normalized spacial score (nSPS) is 13.9. The molecule has 1 amide bonds. The number of carbonyl (C=O) groups is 1. The number of hydrogen-bond donors (Lipinski definition) is 1. The van der Waals surface area contributed by atoms with E-state index in [-0.39, 0.29) is 5.91 Å². The molecule has 0 unspecified atom stereocenters. The van der Waals surface area contributed by atoms with Gasteiger partial charge in [0, 0.05) is 29.9 Å². The van der Waals surface area contributed by atoms with Gasteiger partial charge in [-0.1, -0.05) is 18.2 Å². The smallest absolute Gasteiger partial charge is 0.255 e. The Hall–Kier alpha value is -3.21. The highest BCUT2D eigenvalue weighted by atomic mass is 16.1. The molecule has 5 nitrogen and oxygen atoms in total. The Kier molecular flexibility index (Phi) is 5.56. The van der Waals surface area contributed by atoms with Crippen LogP contribution in [0.3, 0.4) is 0 Å². The average molecular weight is 386 g/mol. The zero-order valence-electron chi connectivity index (χ0n) is 17.0. The van der Waals surface area contributed by atoms with Gasteiger partial charge in [0.25, 0.3) is 5.91 Å². The predicted octanol–water partition coefficient (Wildman–Crippen LogP) is 5.00. The van der Waals surface area contributed by atoms with Crippen molar-refractivity contribution in [2.45, 2.75) is 33.1 Å². The SMILES string of the molecule is Cc1ccc(C(=O)Nc2ccc(-c3ccc(N4CCCCC4)nn3)cc2)cc1C. The lowest BCUT2D eigenvalue weighted by Gasteiger charge is -2.27. The Morgan fingerprint density at radius 1 is 0.862 bits per heavy atom. The van der Waals surface area contributed by atoms with Crippen molar-refractivity contribution in [3.05, 3.63) is 71.3 Å².